The third-order valence-corrected chi connectivity index (χ3v) is 2.46. The first kappa shape index (κ1) is 11.1. The van der Waals surface area contributed by atoms with Gasteiger partial charge < -0.3 is 11.5 Å². The van der Waals surface area contributed by atoms with Gasteiger partial charge in [0.05, 0.1) is 17.1 Å². The highest BCUT2D eigenvalue weighted by Crippen LogP contribution is 2.25. The summed E-state index contributed by atoms with van der Waals surface area (Å²) in [5, 5.41) is 0. The highest BCUT2D eigenvalue weighted by molar-refractivity contribution is 6.19. The van der Waals surface area contributed by atoms with Gasteiger partial charge in [-0.25, -0.2) is 4.99 Å². The Morgan fingerprint density at radius 1 is 1.18 bits per heavy atom. The molecular formula is C13H13N3O. The maximum atomic E-state index is 11.3. The lowest BCUT2D eigenvalue weighted by molar-refractivity contribution is -0.111. The van der Waals surface area contributed by atoms with Crippen LogP contribution in [-0.4, -0.2) is 11.5 Å². The number of nitrogen functional groups attached to an aromatic ring is 2. The molecular weight excluding hydrogens is 214 g/mol. The minimum absolute atomic E-state index is 0.00854. The van der Waals surface area contributed by atoms with Crippen LogP contribution in [-0.2, 0) is 4.79 Å². The number of allylic oxidation sites excluding steroid dienone is 4. The van der Waals surface area contributed by atoms with Gasteiger partial charge in [0.15, 0.2) is 5.78 Å². The van der Waals surface area contributed by atoms with E-state index in [0.29, 0.717) is 28.3 Å². The molecule has 4 nitrogen and oxygen atoms in total. The number of rotatable bonds is 1. The molecule has 0 spiro atoms. The molecule has 0 atom stereocenters. The van der Waals surface area contributed by atoms with Crippen molar-refractivity contribution < 1.29 is 4.79 Å². The predicted octanol–water partition coefficient (Wildman–Crippen LogP) is 2.01. The van der Waals surface area contributed by atoms with E-state index < -0.39 is 0 Å². The average molecular weight is 227 g/mol. The van der Waals surface area contributed by atoms with Gasteiger partial charge in [0.1, 0.15) is 0 Å². The van der Waals surface area contributed by atoms with E-state index in [4.69, 9.17) is 11.5 Å². The van der Waals surface area contributed by atoms with Crippen LogP contribution in [0.3, 0.4) is 0 Å². The van der Waals surface area contributed by atoms with Gasteiger partial charge in [0.25, 0.3) is 0 Å². The molecule has 0 amide bonds. The minimum Gasteiger partial charge on any atom is -0.399 e. The zero-order valence-corrected chi connectivity index (χ0v) is 9.47. The van der Waals surface area contributed by atoms with Gasteiger partial charge in [-0.3, -0.25) is 4.79 Å². The lowest BCUT2D eigenvalue weighted by Crippen LogP contribution is -2.04. The van der Waals surface area contributed by atoms with Crippen molar-refractivity contribution >= 4 is 28.6 Å². The van der Waals surface area contributed by atoms with Crippen LogP contribution < -0.4 is 11.5 Å². The molecule has 0 bridgehead atoms. The molecule has 0 fully saturated rings. The summed E-state index contributed by atoms with van der Waals surface area (Å²) in [5.41, 5.74) is 14.6. The van der Waals surface area contributed by atoms with Crippen LogP contribution in [0.5, 0.6) is 0 Å². The normalized spacial score (nSPS) is 17.4. The topological polar surface area (TPSA) is 81.5 Å². The van der Waals surface area contributed by atoms with E-state index in [9.17, 15) is 4.79 Å². The predicted molar refractivity (Wildman–Crippen MR) is 70.3 cm³/mol. The van der Waals surface area contributed by atoms with E-state index in [-0.39, 0.29) is 5.78 Å². The number of anilines is 2. The first-order valence-electron chi connectivity index (χ1n) is 5.20. The van der Waals surface area contributed by atoms with Crippen molar-refractivity contribution in [1.82, 2.24) is 0 Å². The molecule has 0 heterocycles. The Morgan fingerprint density at radius 3 is 2.59 bits per heavy atom. The second kappa shape index (κ2) is 4.25. The number of ketones is 1. The largest absolute Gasteiger partial charge is 0.399 e. The Kier molecular flexibility index (Phi) is 2.78. The van der Waals surface area contributed by atoms with E-state index in [1.54, 1.807) is 37.3 Å². The summed E-state index contributed by atoms with van der Waals surface area (Å²) >= 11 is 0. The molecule has 0 aromatic heterocycles. The van der Waals surface area contributed by atoms with Crippen LogP contribution in [0.1, 0.15) is 6.92 Å². The molecule has 86 valence electrons. The van der Waals surface area contributed by atoms with Gasteiger partial charge in [-0.15, -0.1) is 0 Å². The molecule has 0 saturated carbocycles. The fourth-order valence-corrected chi connectivity index (χ4v) is 1.52. The molecule has 1 aromatic rings. The lowest BCUT2D eigenvalue weighted by Gasteiger charge is -2.06. The molecule has 1 aromatic carbocycles. The van der Waals surface area contributed by atoms with Crippen molar-refractivity contribution in [2.75, 3.05) is 11.5 Å². The third kappa shape index (κ3) is 2.42. The number of nitrogens with zero attached hydrogens (tertiary/aromatic N) is 1. The molecule has 0 aliphatic heterocycles. The van der Waals surface area contributed by atoms with E-state index in [1.165, 1.54) is 6.08 Å². The summed E-state index contributed by atoms with van der Waals surface area (Å²) < 4.78 is 0. The number of carbonyl (C=O) groups excluding carboxylic acids is 1. The number of carbonyl (C=O) groups is 1. The van der Waals surface area contributed by atoms with Crippen molar-refractivity contribution in [2.24, 2.45) is 4.99 Å². The highest BCUT2D eigenvalue weighted by atomic mass is 16.1. The maximum Gasteiger partial charge on any atom is 0.181 e. The molecule has 17 heavy (non-hydrogen) atoms. The average Bonchev–Trinajstić information content (AvgIpc) is 2.27. The maximum absolute atomic E-state index is 11.3. The molecule has 0 radical (unpaired) electrons. The molecule has 0 unspecified atom stereocenters. The number of hydrogen-bond donors (Lipinski definition) is 2. The molecule has 2 rings (SSSR count). The van der Waals surface area contributed by atoms with Gasteiger partial charge >= 0.3 is 0 Å². The van der Waals surface area contributed by atoms with Crippen molar-refractivity contribution in [1.29, 1.82) is 0 Å². The van der Waals surface area contributed by atoms with Crippen molar-refractivity contribution in [3.63, 3.8) is 0 Å². The number of aliphatic imine (C=N–C) groups is 1. The number of benzene rings is 1. The highest BCUT2D eigenvalue weighted by Gasteiger charge is 2.07. The third-order valence-electron chi connectivity index (χ3n) is 2.46. The number of nitrogens with two attached hydrogens (primary N) is 2. The molecule has 4 N–H and O–H groups in total. The summed E-state index contributed by atoms with van der Waals surface area (Å²) in [4.78, 5) is 15.6. The van der Waals surface area contributed by atoms with E-state index in [2.05, 4.69) is 4.99 Å². The van der Waals surface area contributed by atoms with Crippen LogP contribution in [0.4, 0.5) is 17.1 Å². The quantitative estimate of drug-likeness (QED) is 0.568. The molecule has 4 heteroatoms. The van der Waals surface area contributed by atoms with Gasteiger partial charge in [-0.1, -0.05) is 0 Å². The van der Waals surface area contributed by atoms with Gasteiger partial charge in [0.2, 0.25) is 0 Å². The van der Waals surface area contributed by atoms with Crippen LogP contribution >= 0.6 is 0 Å². The second-order valence-electron chi connectivity index (χ2n) is 3.88. The van der Waals surface area contributed by atoms with Gasteiger partial charge in [-0.05, 0) is 48.9 Å². The smallest absolute Gasteiger partial charge is 0.181 e. The van der Waals surface area contributed by atoms with Crippen LogP contribution in [0, 0.1) is 0 Å². The van der Waals surface area contributed by atoms with Crippen LogP contribution in [0.15, 0.2) is 47.0 Å². The minimum atomic E-state index is 0.00854. The fourth-order valence-electron chi connectivity index (χ4n) is 1.52. The summed E-state index contributed by atoms with van der Waals surface area (Å²) in [6, 6.07) is 5.16. The lowest BCUT2D eigenvalue weighted by atomic mass is 10.1. The molecule has 1 aliphatic rings. The first-order valence-corrected chi connectivity index (χ1v) is 5.20. The molecule has 0 saturated heterocycles. The van der Waals surface area contributed by atoms with Crippen molar-refractivity contribution in [2.45, 2.75) is 6.92 Å². The number of hydrogen-bond acceptors (Lipinski definition) is 4. The van der Waals surface area contributed by atoms with E-state index >= 15 is 0 Å². The summed E-state index contributed by atoms with van der Waals surface area (Å²) in [6.07, 6.45) is 4.91. The fraction of sp³-hybridized carbons (Fsp3) is 0.0769. The van der Waals surface area contributed by atoms with E-state index in [0.717, 1.165) is 0 Å². The SMILES string of the molecule is CC1=CC(=Nc2ccc(N)cc2N)C=CC1=O. The summed E-state index contributed by atoms with van der Waals surface area (Å²) in [5.74, 6) is 0.00854. The van der Waals surface area contributed by atoms with E-state index in [1.807, 2.05) is 0 Å². The van der Waals surface area contributed by atoms with Crippen LogP contribution in [0.25, 0.3) is 0 Å². The Labute approximate surface area is 99.3 Å². The Hall–Kier alpha value is -2.36. The first-order chi connectivity index (χ1) is 8.06. The van der Waals surface area contributed by atoms with Crippen molar-refractivity contribution in [3.8, 4) is 0 Å². The summed E-state index contributed by atoms with van der Waals surface area (Å²) in [7, 11) is 0. The Bertz CT molecular complexity index is 568. The molecule has 1 aliphatic carbocycles. The zero-order valence-electron chi connectivity index (χ0n) is 9.47. The Balaban J connectivity index is 2.38. The second-order valence-corrected chi connectivity index (χ2v) is 3.88. The summed E-state index contributed by atoms with van der Waals surface area (Å²) in [6.45, 7) is 1.76. The Morgan fingerprint density at radius 2 is 1.94 bits per heavy atom. The monoisotopic (exact) mass is 227 g/mol. The van der Waals surface area contributed by atoms with Crippen molar-refractivity contribution in [3.05, 3.63) is 42.0 Å². The standard InChI is InChI=1S/C13H13N3O/c1-8-6-10(3-5-13(8)17)16-12-4-2-9(14)7-11(12)15/h2-7H,14-15H2,1H3. The van der Waals surface area contributed by atoms with Gasteiger partial charge in [0, 0.05) is 5.69 Å². The van der Waals surface area contributed by atoms with Gasteiger partial charge in [-0.2, -0.15) is 0 Å². The zero-order chi connectivity index (χ0) is 12.4. The van der Waals surface area contributed by atoms with Crippen LogP contribution in [0.2, 0.25) is 0 Å².